The minimum Gasteiger partial charge on any atom is -0.338 e. The van der Waals surface area contributed by atoms with Gasteiger partial charge in [-0.2, -0.15) is 0 Å². The van der Waals surface area contributed by atoms with Crippen LogP contribution in [0.5, 0.6) is 0 Å². The van der Waals surface area contributed by atoms with Gasteiger partial charge in [-0.05, 0) is 49.5 Å². The number of carbonyl (C=O) groups is 2. The Labute approximate surface area is 143 Å². The minimum atomic E-state index is -0.132. The summed E-state index contributed by atoms with van der Waals surface area (Å²) in [6.07, 6.45) is 1.56. The van der Waals surface area contributed by atoms with Crippen molar-refractivity contribution >= 4 is 17.6 Å². The Morgan fingerprint density at radius 3 is 3.04 bits per heavy atom. The predicted molar refractivity (Wildman–Crippen MR) is 93.9 cm³/mol. The lowest BCUT2D eigenvalue weighted by Crippen LogP contribution is -2.40. The summed E-state index contributed by atoms with van der Waals surface area (Å²) in [7, 11) is 0. The Bertz CT molecular complexity index is 631. The van der Waals surface area contributed by atoms with Gasteiger partial charge in [-0.1, -0.05) is 19.1 Å². The van der Waals surface area contributed by atoms with Crippen molar-refractivity contribution in [3.05, 3.63) is 29.3 Å². The fraction of sp³-hybridized carbons (Fsp3) is 0.556. The van der Waals surface area contributed by atoms with Crippen molar-refractivity contribution < 1.29 is 9.59 Å². The van der Waals surface area contributed by atoms with Crippen LogP contribution in [0.25, 0.3) is 0 Å². The molecule has 6 nitrogen and oxygen atoms in total. The molecule has 1 saturated heterocycles. The molecule has 6 heteroatoms. The van der Waals surface area contributed by atoms with Crippen LogP contribution in [0, 0.1) is 5.92 Å². The number of fused-ring (bicyclic) bond motifs is 1. The van der Waals surface area contributed by atoms with E-state index in [0.717, 1.165) is 49.4 Å². The zero-order valence-corrected chi connectivity index (χ0v) is 14.4. The Morgan fingerprint density at radius 2 is 2.29 bits per heavy atom. The second-order valence-corrected chi connectivity index (χ2v) is 6.77. The average molecular weight is 330 g/mol. The topological polar surface area (TPSA) is 73.5 Å². The lowest BCUT2D eigenvalue weighted by molar-refractivity contribution is -0.115. The molecule has 24 heavy (non-hydrogen) atoms. The first-order valence-corrected chi connectivity index (χ1v) is 8.74. The lowest BCUT2D eigenvalue weighted by atomic mass is 10.0. The van der Waals surface area contributed by atoms with E-state index in [1.165, 1.54) is 0 Å². The summed E-state index contributed by atoms with van der Waals surface area (Å²) in [6, 6.07) is 5.62. The van der Waals surface area contributed by atoms with Crippen molar-refractivity contribution in [2.24, 2.45) is 5.92 Å². The summed E-state index contributed by atoms with van der Waals surface area (Å²) in [6.45, 7) is 8.12. The number of hydrogen-bond donors (Lipinski definition) is 3. The van der Waals surface area contributed by atoms with Gasteiger partial charge in [0.25, 0.3) is 0 Å². The van der Waals surface area contributed by atoms with Gasteiger partial charge in [-0.15, -0.1) is 0 Å². The molecule has 0 saturated carbocycles. The third-order valence-electron chi connectivity index (χ3n) is 4.97. The van der Waals surface area contributed by atoms with E-state index in [1.807, 2.05) is 25.1 Å². The first-order chi connectivity index (χ1) is 11.5. The van der Waals surface area contributed by atoms with Crippen molar-refractivity contribution in [2.45, 2.75) is 32.7 Å². The van der Waals surface area contributed by atoms with Crippen molar-refractivity contribution in [2.75, 3.05) is 31.5 Å². The number of hydrogen-bond acceptors (Lipinski definition) is 3. The summed E-state index contributed by atoms with van der Waals surface area (Å²) in [5.74, 6) is 0.571. The second-order valence-electron chi connectivity index (χ2n) is 6.77. The lowest BCUT2D eigenvalue weighted by Gasteiger charge is -2.18. The number of urea groups is 1. The smallest absolute Gasteiger partial charge is 0.315 e. The summed E-state index contributed by atoms with van der Waals surface area (Å²) in [5, 5.41) is 8.79. The molecule has 2 atom stereocenters. The monoisotopic (exact) mass is 330 g/mol. The van der Waals surface area contributed by atoms with Gasteiger partial charge >= 0.3 is 6.03 Å². The van der Waals surface area contributed by atoms with Crippen LogP contribution >= 0.6 is 0 Å². The minimum absolute atomic E-state index is 0.0261. The van der Waals surface area contributed by atoms with Gasteiger partial charge in [0.2, 0.25) is 5.91 Å². The molecule has 1 aromatic rings. The maximum absolute atomic E-state index is 12.1. The molecule has 1 aromatic carbocycles. The van der Waals surface area contributed by atoms with Crippen LogP contribution in [0.15, 0.2) is 18.2 Å². The Hall–Kier alpha value is -2.08. The van der Waals surface area contributed by atoms with Crippen molar-refractivity contribution in [1.29, 1.82) is 0 Å². The average Bonchev–Trinajstić information content (AvgIpc) is 3.16. The molecule has 0 aromatic heterocycles. The predicted octanol–water partition coefficient (Wildman–Crippen LogP) is 1.88. The van der Waals surface area contributed by atoms with Gasteiger partial charge in [0.1, 0.15) is 0 Å². The van der Waals surface area contributed by atoms with Crippen molar-refractivity contribution in [3.8, 4) is 0 Å². The van der Waals surface area contributed by atoms with Gasteiger partial charge < -0.3 is 20.9 Å². The molecule has 0 unspecified atom stereocenters. The highest BCUT2D eigenvalue weighted by molar-refractivity contribution is 5.99. The Kier molecular flexibility index (Phi) is 5.04. The molecule has 2 aliphatic rings. The van der Waals surface area contributed by atoms with Crippen LogP contribution < -0.4 is 16.0 Å². The third kappa shape index (κ3) is 3.87. The quantitative estimate of drug-likeness (QED) is 0.772. The number of nitrogens with one attached hydrogen (secondary N) is 3. The number of likely N-dealkylation sites (tertiary alicyclic amines) is 1. The Balaban J connectivity index is 1.48. The molecule has 3 amide bonds. The zero-order chi connectivity index (χ0) is 17.1. The van der Waals surface area contributed by atoms with Gasteiger partial charge in [-0.25, -0.2) is 4.79 Å². The van der Waals surface area contributed by atoms with Gasteiger partial charge in [0, 0.05) is 18.8 Å². The number of nitrogens with zero attached hydrogens (tertiary/aromatic N) is 1. The highest BCUT2D eigenvalue weighted by Crippen LogP contribution is 2.26. The molecule has 2 aliphatic heterocycles. The third-order valence-corrected chi connectivity index (χ3v) is 4.97. The highest BCUT2D eigenvalue weighted by Gasteiger charge is 2.22. The fourth-order valence-corrected chi connectivity index (χ4v) is 3.45. The fourth-order valence-electron chi connectivity index (χ4n) is 3.45. The highest BCUT2D eigenvalue weighted by atomic mass is 16.2. The number of benzene rings is 1. The Morgan fingerprint density at radius 1 is 1.46 bits per heavy atom. The van der Waals surface area contributed by atoms with Gasteiger partial charge in [0.05, 0.1) is 12.5 Å². The molecule has 3 N–H and O–H groups in total. The largest absolute Gasteiger partial charge is 0.338 e. The summed E-state index contributed by atoms with van der Waals surface area (Å²) in [5.41, 5.74) is 2.89. The SMILES string of the molecule is CCN1CC[C@@H](CNC(=O)N[C@@H](C)c2ccc3c(c2)CC(=O)N3)C1. The first-order valence-electron chi connectivity index (χ1n) is 8.74. The number of amides is 3. The van der Waals surface area contributed by atoms with Crippen LogP contribution in [-0.2, 0) is 11.2 Å². The van der Waals surface area contributed by atoms with E-state index in [9.17, 15) is 9.59 Å². The van der Waals surface area contributed by atoms with Crippen LogP contribution in [0.4, 0.5) is 10.5 Å². The van der Waals surface area contributed by atoms with E-state index in [2.05, 4.69) is 27.8 Å². The summed E-state index contributed by atoms with van der Waals surface area (Å²) < 4.78 is 0. The molecular formula is C18H26N4O2. The molecule has 3 rings (SSSR count). The molecule has 0 aliphatic carbocycles. The summed E-state index contributed by atoms with van der Waals surface area (Å²) in [4.78, 5) is 25.9. The molecule has 2 heterocycles. The second kappa shape index (κ2) is 7.21. The van der Waals surface area contributed by atoms with Crippen LogP contribution in [-0.4, -0.2) is 43.0 Å². The molecule has 0 radical (unpaired) electrons. The number of carbonyl (C=O) groups excluding carboxylic acids is 2. The van der Waals surface area contributed by atoms with Gasteiger partial charge in [-0.3, -0.25) is 4.79 Å². The normalized spacial score (nSPS) is 21.2. The van der Waals surface area contributed by atoms with Crippen molar-refractivity contribution in [1.82, 2.24) is 15.5 Å². The summed E-state index contributed by atoms with van der Waals surface area (Å²) >= 11 is 0. The number of rotatable bonds is 5. The van der Waals surface area contributed by atoms with E-state index in [-0.39, 0.29) is 18.0 Å². The van der Waals surface area contributed by atoms with Crippen LogP contribution in [0.3, 0.4) is 0 Å². The maximum Gasteiger partial charge on any atom is 0.315 e. The van der Waals surface area contributed by atoms with Gasteiger partial charge in [0.15, 0.2) is 0 Å². The standard InChI is InChI=1S/C18H26N4O2/c1-3-22-7-6-13(11-22)10-19-18(24)20-12(2)14-4-5-16-15(8-14)9-17(23)21-16/h4-5,8,12-13H,3,6-7,9-11H2,1-2H3,(H,21,23)(H2,19,20,24)/t12-,13-/m0/s1. The van der Waals surface area contributed by atoms with Crippen molar-refractivity contribution in [3.63, 3.8) is 0 Å². The molecule has 0 spiro atoms. The van der Waals surface area contributed by atoms with E-state index in [1.54, 1.807) is 0 Å². The maximum atomic E-state index is 12.1. The molecule has 1 fully saturated rings. The molecule has 0 bridgehead atoms. The van der Waals surface area contributed by atoms with E-state index in [4.69, 9.17) is 0 Å². The van der Waals surface area contributed by atoms with Crippen LogP contribution in [0.1, 0.15) is 37.4 Å². The number of anilines is 1. The van der Waals surface area contributed by atoms with Crippen LogP contribution in [0.2, 0.25) is 0 Å². The van der Waals surface area contributed by atoms with E-state index >= 15 is 0 Å². The molecule has 130 valence electrons. The first kappa shape index (κ1) is 16.8. The zero-order valence-electron chi connectivity index (χ0n) is 14.4. The van der Waals surface area contributed by atoms with E-state index < -0.39 is 0 Å². The van der Waals surface area contributed by atoms with E-state index in [0.29, 0.717) is 12.3 Å². The molecular weight excluding hydrogens is 304 g/mol.